The molecule has 86 valence electrons. The molecule has 4 nitrogen and oxygen atoms in total. The lowest BCUT2D eigenvalue weighted by atomic mass is 10.1. The number of ether oxygens (including phenoxy) is 1. The number of hydrogen-bond acceptors (Lipinski definition) is 4. The van der Waals surface area contributed by atoms with E-state index in [2.05, 4.69) is 4.99 Å². The van der Waals surface area contributed by atoms with Crippen molar-refractivity contribution in [2.24, 2.45) is 10.7 Å². The normalized spacial score (nSPS) is 21.4. The molecule has 1 aromatic rings. The van der Waals surface area contributed by atoms with Gasteiger partial charge in [0.2, 0.25) is 0 Å². The number of benzene rings is 1. The second-order valence-electron chi connectivity index (χ2n) is 4.11. The summed E-state index contributed by atoms with van der Waals surface area (Å²) in [5.41, 5.74) is 6.71. The molecule has 0 saturated carbocycles. The first-order chi connectivity index (χ1) is 7.65. The standard InChI is InChI=1S/C12H16N2O2/c1-8(13)6-12-14-7-11(16-12)9-2-4-10(15)5-3-9/h2-5,8,11,15H,6-7,13H2,1H3. The maximum atomic E-state index is 9.18. The minimum Gasteiger partial charge on any atom is -0.508 e. The van der Waals surface area contributed by atoms with E-state index < -0.39 is 0 Å². The highest BCUT2D eigenvalue weighted by atomic mass is 16.5. The number of phenols is 1. The molecule has 0 bridgehead atoms. The molecule has 0 saturated heterocycles. The van der Waals surface area contributed by atoms with Crippen LogP contribution in [0.5, 0.6) is 5.75 Å². The van der Waals surface area contributed by atoms with Crippen LogP contribution in [-0.4, -0.2) is 23.6 Å². The Morgan fingerprint density at radius 2 is 2.19 bits per heavy atom. The molecule has 0 fully saturated rings. The Labute approximate surface area is 94.8 Å². The van der Waals surface area contributed by atoms with E-state index >= 15 is 0 Å². The fraction of sp³-hybridized carbons (Fsp3) is 0.417. The summed E-state index contributed by atoms with van der Waals surface area (Å²) in [7, 11) is 0. The topological polar surface area (TPSA) is 67.8 Å². The Morgan fingerprint density at radius 1 is 1.50 bits per heavy atom. The fourth-order valence-corrected chi connectivity index (χ4v) is 1.67. The molecular formula is C12H16N2O2. The van der Waals surface area contributed by atoms with E-state index in [1.165, 1.54) is 0 Å². The van der Waals surface area contributed by atoms with Gasteiger partial charge in [-0.05, 0) is 24.6 Å². The number of phenolic OH excluding ortho intramolecular Hbond substituents is 1. The predicted molar refractivity (Wildman–Crippen MR) is 62.5 cm³/mol. The molecule has 1 heterocycles. The zero-order valence-corrected chi connectivity index (χ0v) is 9.26. The lowest BCUT2D eigenvalue weighted by molar-refractivity contribution is 0.222. The van der Waals surface area contributed by atoms with Crippen LogP contribution in [0.15, 0.2) is 29.3 Å². The average Bonchev–Trinajstić information content (AvgIpc) is 2.66. The van der Waals surface area contributed by atoms with Crippen molar-refractivity contribution in [3.05, 3.63) is 29.8 Å². The summed E-state index contributed by atoms with van der Waals surface area (Å²) < 4.78 is 5.69. The number of nitrogens with two attached hydrogens (primary N) is 1. The van der Waals surface area contributed by atoms with Gasteiger partial charge in [-0.2, -0.15) is 0 Å². The third kappa shape index (κ3) is 2.52. The molecule has 3 N–H and O–H groups in total. The molecule has 0 amide bonds. The first kappa shape index (κ1) is 11.0. The zero-order chi connectivity index (χ0) is 11.5. The second-order valence-corrected chi connectivity index (χ2v) is 4.11. The number of aliphatic imine (C=N–C) groups is 1. The van der Waals surface area contributed by atoms with E-state index in [4.69, 9.17) is 10.5 Å². The maximum Gasteiger partial charge on any atom is 0.185 e. The number of aromatic hydroxyl groups is 1. The fourth-order valence-electron chi connectivity index (χ4n) is 1.67. The molecule has 0 aliphatic carbocycles. The van der Waals surface area contributed by atoms with Gasteiger partial charge in [0, 0.05) is 12.5 Å². The van der Waals surface area contributed by atoms with Crippen LogP contribution in [0.1, 0.15) is 25.0 Å². The summed E-state index contributed by atoms with van der Waals surface area (Å²) >= 11 is 0. The highest BCUT2D eigenvalue weighted by Crippen LogP contribution is 2.25. The third-order valence-electron chi connectivity index (χ3n) is 2.47. The molecule has 16 heavy (non-hydrogen) atoms. The van der Waals surface area contributed by atoms with Crippen molar-refractivity contribution in [2.75, 3.05) is 6.54 Å². The van der Waals surface area contributed by atoms with Gasteiger partial charge < -0.3 is 15.6 Å². The minimum atomic E-state index is -0.0330. The number of rotatable bonds is 3. The first-order valence-corrected chi connectivity index (χ1v) is 5.39. The Morgan fingerprint density at radius 3 is 2.81 bits per heavy atom. The van der Waals surface area contributed by atoms with Crippen LogP contribution in [0.2, 0.25) is 0 Å². The van der Waals surface area contributed by atoms with E-state index in [1.807, 2.05) is 19.1 Å². The highest BCUT2D eigenvalue weighted by molar-refractivity contribution is 5.78. The molecule has 2 rings (SSSR count). The van der Waals surface area contributed by atoms with Crippen molar-refractivity contribution < 1.29 is 9.84 Å². The van der Waals surface area contributed by atoms with Gasteiger partial charge in [0.1, 0.15) is 11.9 Å². The van der Waals surface area contributed by atoms with Gasteiger partial charge >= 0.3 is 0 Å². The second kappa shape index (κ2) is 4.53. The molecule has 1 aliphatic heterocycles. The van der Waals surface area contributed by atoms with Crippen LogP contribution < -0.4 is 5.73 Å². The Hall–Kier alpha value is -1.55. The van der Waals surface area contributed by atoms with Gasteiger partial charge in [-0.15, -0.1) is 0 Å². The van der Waals surface area contributed by atoms with Crippen molar-refractivity contribution in [3.63, 3.8) is 0 Å². The summed E-state index contributed by atoms with van der Waals surface area (Å²) in [6, 6.07) is 7.08. The molecule has 1 aromatic carbocycles. The Kier molecular flexibility index (Phi) is 3.10. The monoisotopic (exact) mass is 220 g/mol. The van der Waals surface area contributed by atoms with Gasteiger partial charge in [0.05, 0.1) is 6.54 Å². The molecule has 4 heteroatoms. The van der Waals surface area contributed by atoms with Crippen LogP contribution in [0.3, 0.4) is 0 Å². The summed E-state index contributed by atoms with van der Waals surface area (Å²) in [5, 5.41) is 9.18. The van der Waals surface area contributed by atoms with Crippen molar-refractivity contribution in [3.8, 4) is 5.75 Å². The molecule has 0 aromatic heterocycles. The van der Waals surface area contributed by atoms with Crippen molar-refractivity contribution in [1.29, 1.82) is 0 Å². The largest absolute Gasteiger partial charge is 0.508 e. The van der Waals surface area contributed by atoms with Crippen molar-refractivity contribution in [1.82, 2.24) is 0 Å². The summed E-state index contributed by atoms with van der Waals surface area (Å²) in [6.07, 6.45) is 0.642. The van der Waals surface area contributed by atoms with Gasteiger partial charge in [-0.3, -0.25) is 4.99 Å². The van der Waals surface area contributed by atoms with Crippen LogP contribution in [0, 0.1) is 0 Å². The lowest BCUT2D eigenvalue weighted by Crippen LogP contribution is -2.20. The quantitative estimate of drug-likeness (QED) is 0.813. The van der Waals surface area contributed by atoms with Crippen LogP contribution in [-0.2, 0) is 4.74 Å². The third-order valence-corrected chi connectivity index (χ3v) is 2.47. The minimum absolute atomic E-state index is 0.0330. The maximum absolute atomic E-state index is 9.18. The summed E-state index contributed by atoms with van der Waals surface area (Å²) in [5.74, 6) is 0.992. The van der Waals surface area contributed by atoms with Crippen LogP contribution in [0.4, 0.5) is 0 Å². The van der Waals surface area contributed by atoms with Crippen molar-refractivity contribution in [2.45, 2.75) is 25.5 Å². The number of nitrogens with zero attached hydrogens (tertiary/aromatic N) is 1. The van der Waals surface area contributed by atoms with Crippen LogP contribution in [0.25, 0.3) is 0 Å². The average molecular weight is 220 g/mol. The predicted octanol–water partition coefficient (Wildman–Crippen LogP) is 1.60. The smallest absolute Gasteiger partial charge is 0.185 e. The highest BCUT2D eigenvalue weighted by Gasteiger charge is 2.21. The first-order valence-electron chi connectivity index (χ1n) is 5.39. The number of hydrogen-bond donors (Lipinski definition) is 2. The SMILES string of the molecule is CC(N)CC1=NCC(c2ccc(O)cc2)O1. The van der Waals surface area contributed by atoms with Crippen LogP contribution >= 0.6 is 0 Å². The van der Waals surface area contributed by atoms with E-state index in [9.17, 15) is 5.11 Å². The molecule has 1 aliphatic rings. The summed E-state index contributed by atoms with van der Waals surface area (Å²) in [4.78, 5) is 4.31. The van der Waals surface area contributed by atoms with Gasteiger partial charge in [-0.1, -0.05) is 12.1 Å². The molecule has 2 atom stereocenters. The molecular weight excluding hydrogens is 204 g/mol. The van der Waals surface area contributed by atoms with Gasteiger partial charge in [-0.25, -0.2) is 0 Å². The molecule has 2 unspecified atom stereocenters. The van der Waals surface area contributed by atoms with E-state index in [0.717, 1.165) is 11.5 Å². The Balaban J connectivity index is 1.98. The van der Waals surface area contributed by atoms with Gasteiger partial charge in [0.25, 0.3) is 0 Å². The summed E-state index contributed by atoms with van der Waals surface area (Å²) in [6.45, 7) is 2.56. The van der Waals surface area contributed by atoms with E-state index in [-0.39, 0.29) is 17.9 Å². The molecule has 0 spiro atoms. The van der Waals surface area contributed by atoms with Crippen molar-refractivity contribution >= 4 is 5.90 Å². The van der Waals surface area contributed by atoms with E-state index in [1.54, 1.807) is 12.1 Å². The molecule has 0 radical (unpaired) electrons. The zero-order valence-electron chi connectivity index (χ0n) is 9.26. The lowest BCUT2D eigenvalue weighted by Gasteiger charge is -2.12. The van der Waals surface area contributed by atoms with Gasteiger partial charge in [0.15, 0.2) is 5.90 Å². The van der Waals surface area contributed by atoms with E-state index in [0.29, 0.717) is 13.0 Å². The Bertz CT molecular complexity index is 385.